The molecule has 0 aromatic heterocycles. The second kappa shape index (κ2) is 18.6. The number of nitrogens with two attached hydrogens (primary N) is 2. The van der Waals surface area contributed by atoms with Crippen molar-refractivity contribution in [1.29, 1.82) is 0 Å². The summed E-state index contributed by atoms with van der Waals surface area (Å²) < 4.78 is 13.8. The Kier molecular flexibility index (Phi) is 12.2. The van der Waals surface area contributed by atoms with Gasteiger partial charge >= 0.3 is 11.9 Å². The molecule has 4 fully saturated rings. The van der Waals surface area contributed by atoms with Crippen molar-refractivity contribution in [3.8, 4) is 0 Å². The molecule has 11 atom stereocenters. The van der Waals surface area contributed by atoms with Crippen LogP contribution in [0.25, 0.3) is 64.6 Å². The van der Waals surface area contributed by atoms with Crippen LogP contribution in [0.3, 0.4) is 0 Å². The Hall–Kier alpha value is -5.83. The Morgan fingerprint density at radius 2 is 1.12 bits per heavy atom. The number of hydrogen-bond donors (Lipinski definition) is 3. The van der Waals surface area contributed by atoms with Crippen molar-refractivity contribution in [3.05, 3.63) is 120 Å². The van der Waals surface area contributed by atoms with Crippen molar-refractivity contribution in [2.75, 3.05) is 0 Å². The maximum absolute atomic E-state index is 14.4. The molecule has 4 aliphatic rings. The summed E-state index contributed by atoms with van der Waals surface area (Å²) in [4.78, 5) is 41.2. The van der Waals surface area contributed by atoms with Crippen LogP contribution in [0.4, 0.5) is 0 Å². The quantitative estimate of drug-likeness (QED) is 0.0325. The molecule has 0 spiro atoms. The van der Waals surface area contributed by atoms with E-state index in [1.807, 2.05) is 0 Å². The molecule has 8 aromatic carbocycles. The first kappa shape index (κ1) is 47.2. The van der Waals surface area contributed by atoms with E-state index in [0.717, 1.165) is 57.8 Å². The standard InChI is InChI=1S/C64H71N3O5/c1-37(16-27-55(68)67-66)50-25-26-51-62-52(36-54(64(50,51)3)72-57(70)15-5-9-39-32-46-23-19-42-12-7-13-43-20-24-47(33-39)61(46)59(42)43)63(2)29-28-49(65)34-48(63)35-53(62)71-56(69)14-4-8-38-30-44-21-17-40-10-6-11-41-18-22-45(31-38)60(44)58(40)41/h6-7,10-13,17-24,30-33,37,48-54,62H,4-5,8-9,14-16,25-29,34-36,65-66H2,1-3H3,(H,67,68)/t37-,48+,49-,50-,51+,52+,53-,54+,62+,63+,64-/m1/s1. The SMILES string of the molecule is C[C@H](CCC(=O)NN)[C@H]1CC[C@H]2[C@@H]3[C@H](OC(=O)CCCc4cc5ccc6cccc7ccc(c4)c5c67)C[C@@H]4C[C@H](N)CC[C@]4(C)[C@H]3C[C@H](OC(=O)CCCc3cc4ccc5cccc6ccc(c3)c4c56)[C@]12C. The lowest BCUT2D eigenvalue weighted by atomic mass is 9.43. The fraction of sp³-hybridized carbons (Fsp3) is 0.453. The van der Waals surface area contributed by atoms with Gasteiger partial charge in [-0.15, -0.1) is 0 Å². The van der Waals surface area contributed by atoms with Gasteiger partial charge in [-0.05, 0) is 188 Å². The van der Waals surface area contributed by atoms with Crippen molar-refractivity contribution < 1.29 is 23.9 Å². The maximum atomic E-state index is 14.4. The summed E-state index contributed by atoms with van der Waals surface area (Å²) in [5, 5.41) is 15.3. The number of nitrogens with one attached hydrogen (secondary N) is 1. The zero-order valence-corrected chi connectivity index (χ0v) is 42.4. The molecule has 1 amide bonds. The number of hydrogen-bond acceptors (Lipinski definition) is 7. The van der Waals surface area contributed by atoms with Gasteiger partial charge in [-0.25, -0.2) is 5.84 Å². The molecule has 4 saturated carbocycles. The third-order valence-electron chi connectivity index (χ3n) is 19.8. The Labute approximate surface area is 423 Å². The highest BCUT2D eigenvalue weighted by atomic mass is 16.5. The van der Waals surface area contributed by atoms with Crippen LogP contribution in [0, 0.1) is 46.3 Å². The number of hydrazine groups is 1. The Balaban J connectivity index is 0.782. The van der Waals surface area contributed by atoms with Gasteiger partial charge in [-0.2, -0.15) is 0 Å². The molecule has 12 rings (SSSR count). The first-order chi connectivity index (χ1) is 34.9. The van der Waals surface area contributed by atoms with Gasteiger partial charge in [0.25, 0.3) is 0 Å². The lowest BCUT2D eigenvalue weighted by molar-refractivity contribution is -0.221. The monoisotopic (exact) mass is 962 g/mol. The van der Waals surface area contributed by atoms with E-state index in [2.05, 4.69) is 135 Å². The molecule has 0 radical (unpaired) electrons. The number of rotatable bonds is 14. The number of carbonyl (C=O) groups is 3. The first-order valence-corrected chi connectivity index (χ1v) is 27.4. The van der Waals surface area contributed by atoms with Gasteiger partial charge in [0.1, 0.15) is 12.2 Å². The number of ether oxygens (including phenoxy) is 2. The number of carbonyl (C=O) groups excluding carboxylic acids is 3. The molecule has 8 aromatic rings. The minimum absolute atomic E-state index is 0.00778. The van der Waals surface area contributed by atoms with Gasteiger partial charge in [0.15, 0.2) is 0 Å². The summed E-state index contributed by atoms with van der Waals surface area (Å²) >= 11 is 0. The normalized spacial score (nSPS) is 28.6. The van der Waals surface area contributed by atoms with Crippen molar-refractivity contribution >= 4 is 82.5 Å². The van der Waals surface area contributed by atoms with E-state index < -0.39 is 0 Å². The smallest absolute Gasteiger partial charge is 0.306 e. The van der Waals surface area contributed by atoms with Crippen LogP contribution < -0.4 is 17.0 Å². The van der Waals surface area contributed by atoms with Gasteiger partial charge in [-0.1, -0.05) is 130 Å². The molecule has 4 aliphatic carbocycles. The largest absolute Gasteiger partial charge is 0.462 e. The molecule has 0 heterocycles. The Morgan fingerprint density at radius 1 is 0.625 bits per heavy atom. The molecule has 0 aliphatic heterocycles. The second-order valence-electron chi connectivity index (χ2n) is 23.6. The van der Waals surface area contributed by atoms with E-state index in [4.69, 9.17) is 21.1 Å². The van der Waals surface area contributed by atoms with Crippen molar-refractivity contribution in [2.24, 2.45) is 57.9 Å². The van der Waals surface area contributed by atoms with Gasteiger partial charge in [0.05, 0.1) is 0 Å². The number of esters is 2. The molecular weight excluding hydrogens is 891 g/mol. The fourth-order valence-electron chi connectivity index (χ4n) is 16.3. The highest BCUT2D eigenvalue weighted by Crippen LogP contribution is 2.69. The molecule has 372 valence electrons. The summed E-state index contributed by atoms with van der Waals surface area (Å²) in [5.74, 6) is 6.44. The molecule has 0 unspecified atom stereocenters. The van der Waals surface area contributed by atoms with E-state index in [-0.39, 0.29) is 76.5 Å². The summed E-state index contributed by atoms with van der Waals surface area (Å²) in [6.45, 7) is 7.12. The number of aryl methyl sites for hydroxylation is 2. The van der Waals surface area contributed by atoms with Crippen LogP contribution in [0.2, 0.25) is 0 Å². The van der Waals surface area contributed by atoms with Crippen LogP contribution in [0.5, 0.6) is 0 Å². The molecule has 8 nitrogen and oxygen atoms in total. The highest BCUT2D eigenvalue weighted by Gasteiger charge is 2.67. The van der Waals surface area contributed by atoms with E-state index >= 15 is 0 Å². The van der Waals surface area contributed by atoms with E-state index in [0.29, 0.717) is 44.4 Å². The van der Waals surface area contributed by atoms with Crippen LogP contribution in [0.1, 0.15) is 115 Å². The van der Waals surface area contributed by atoms with Gasteiger partial charge in [0, 0.05) is 36.6 Å². The third-order valence-corrected chi connectivity index (χ3v) is 19.8. The zero-order valence-electron chi connectivity index (χ0n) is 42.4. The molecule has 72 heavy (non-hydrogen) atoms. The predicted molar refractivity (Wildman–Crippen MR) is 291 cm³/mol. The van der Waals surface area contributed by atoms with Crippen molar-refractivity contribution in [1.82, 2.24) is 5.43 Å². The van der Waals surface area contributed by atoms with E-state index in [9.17, 15) is 14.4 Å². The molecule has 0 bridgehead atoms. The van der Waals surface area contributed by atoms with Crippen molar-refractivity contribution in [2.45, 2.75) is 135 Å². The van der Waals surface area contributed by atoms with Crippen molar-refractivity contribution in [3.63, 3.8) is 0 Å². The topological polar surface area (TPSA) is 134 Å². The lowest BCUT2D eigenvalue weighted by Crippen LogP contribution is -2.63. The van der Waals surface area contributed by atoms with Crippen LogP contribution in [-0.4, -0.2) is 36.1 Å². The van der Waals surface area contributed by atoms with Crippen LogP contribution >= 0.6 is 0 Å². The Morgan fingerprint density at radius 3 is 1.65 bits per heavy atom. The highest BCUT2D eigenvalue weighted by molar-refractivity contribution is 6.24. The lowest BCUT2D eigenvalue weighted by Gasteiger charge is -2.64. The molecular formula is C64H71N3O5. The molecule has 0 saturated heterocycles. The Bertz CT molecular complexity index is 3220. The average Bonchev–Trinajstić information content (AvgIpc) is 3.75. The number of amides is 1. The predicted octanol–water partition coefficient (Wildman–Crippen LogP) is 13.3. The van der Waals surface area contributed by atoms with Crippen LogP contribution in [0.15, 0.2) is 109 Å². The summed E-state index contributed by atoms with van der Waals surface area (Å²) in [5.41, 5.74) is 11.2. The molecule has 8 heteroatoms. The van der Waals surface area contributed by atoms with Crippen LogP contribution in [-0.2, 0) is 36.7 Å². The number of benzene rings is 8. The zero-order chi connectivity index (χ0) is 49.5. The first-order valence-electron chi connectivity index (χ1n) is 27.4. The van der Waals surface area contributed by atoms with Gasteiger partial charge in [0.2, 0.25) is 5.91 Å². The average molecular weight is 962 g/mol. The summed E-state index contributed by atoms with van der Waals surface area (Å²) in [6, 6.07) is 40.1. The minimum Gasteiger partial charge on any atom is -0.462 e. The van der Waals surface area contributed by atoms with E-state index in [1.165, 1.54) is 75.8 Å². The summed E-state index contributed by atoms with van der Waals surface area (Å²) in [7, 11) is 0. The van der Waals surface area contributed by atoms with E-state index in [1.54, 1.807) is 0 Å². The summed E-state index contributed by atoms with van der Waals surface area (Å²) in [6.07, 6.45) is 10.7. The minimum atomic E-state index is -0.361. The molecule has 5 N–H and O–H groups in total. The van der Waals surface area contributed by atoms with Gasteiger partial charge in [-0.3, -0.25) is 19.8 Å². The fourth-order valence-corrected chi connectivity index (χ4v) is 16.3. The third kappa shape index (κ3) is 8.07. The van der Waals surface area contributed by atoms with Gasteiger partial charge < -0.3 is 15.2 Å². The number of fused-ring (bicyclic) bond motifs is 5. The second-order valence-corrected chi connectivity index (χ2v) is 23.6. The maximum Gasteiger partial charge on any atom is 0.306 e.